The SMILES string of the molecule is CC.CN(C)S(=O)(=O)c1cccc(Nc2nsnc2NCc2cc(Br)co2)c1O. The highest BCUT2D eigenvalue weighted by Crippen LogP contribution is 2.35. The summed E-state index contributed by atoms with van der Waals surface area (Å²) in [6, 6.07) is 6.24. The number of rotatable bonds is 7. The average Bonchev–Trinajstić information content (AvgIpc) is 3.31. The van der Waals surface area contributed by atoms with Crippen molar-refractivity contribution in [2.75, 3.05) is 24.7 Å². The Hall–Kier alpha value is -2.15. The number of nitrogens with one attached hydrogen (secondary N) is 2. The molecule has 12 heteroatoms. The van der Waals surface area contributed by atoms with E-state index in [1.54, 1.807) is 12.3 Å². The molecule has 0 atom stereocenters. The summed E-state index contributed by atoms with van der Waals surface area (Å²) in [4.78, 5) is -0.198. The topological polar surface area (TPSA) is 121 Å². The van der Waals surface area contributed by atoms with E-state index in [1.807, 2.05) is 19.9 Å². The molecule has 0 aliphatic heterocycles. The van der Waals surface area contributed by atoms with Crippen LogP contribution in [0.2, 0.25) is 0 Å². The third-order valence-corrected chi connectivity index (χ3v) is 6.34. The number of hydrogen-bond donors (Lipinski definition) is 3. The van der Waals surface area contributed by atoms with Crippen LogP contribution in [0.5, 0.6) is 5.75 Å². The first-order valence-electron chi connectivity index (χ1n) is 8.60. The van der Waals surface area contributed by atoms with E-state index in [1.165, 1.54) is 26.2 Å². The number of aromatic nitrogens is 2. The molecule has 0 unspecified atom stereocenters. The monoisotopic (exact) mass is 503 g/mol. The Labute approximate surface area is 182 Å². The molecule has 3 aromatic rings. The molecule has 0 bridgehead atoms. The lowest BCUT2D eigenvalue weighted by Gasteiger charge is -2.15. The number of halogens is 1. The number of benzene rings is 1. The summed E-state index contributed by atoms with van der Waals surface area (Å²) < 4.78 is 40.1. The molecule has 0 aliphatic rings. The van der Waals surface area contributed by atoms with Gasteiger partial charge in [0.1, 0.15) is 16.9 Å². The molecule has 0 amide bonds. The lowest BCUT2D eigenvalue weighted by atomic mass is 10.3. The van der Waals surface area contributed by atoms with Gasteiger partial charge in [0.25, 0.3) is 0 Å². The van der Waals surface area contributed by atoms with Crippen LogP contribution in [0, 0.1) is 0 Å². The zero-order valence-electron chi connectivity index (χ0n) is 16.3. The van der Waals surface area contributed by atoms with Crippen LogP contribution in [-0.2, 0) is 16.6 Å². The maximum Gasteiger partial charge on any atom is 0.246 e. The summed E-state index contributed by atoms with van der Waals surface area (Å²) in [6.45, 7) is 4.38. The first-order valence-corrected chi connectivity index (χ1v) is 11.6. The second kappa shape index (κ2) is 10.1. The van der Waals surface area contributed by atoms with Gasteiger partial charge in [-0.2, -0.15) is 8.75 Å². The van der Waals surface area contributed by atoms with Crippen LogP contribution in [0.3, 0.4) is 0 Å². The van der Waals surface area contributed by atoms with Crippen molar-refractivity contribution in [3.63, 3.8) is 0 Å². The number of phenols is 1. The highest BCUT2D eigenvalue weighted by molar-refractivity contribution is 9.10. The van der Waals surface area contributed by atoms with Gasteiger partial charge in [-0.05, 0) is 34.1 Å². The quantitative estimate of drug-likeness (QED) is 0.409. The minimum Gasteiger partial charge on any atom is -0.504 e. The fraction of sp³-hybridized carbons (Fsp3) is 0.294. The van der Waals surface area contributed by atoms with E-state index in [2.05, 4.69) is 35.3 Å². The number of phenolic OH excluding ortho intramolecular Hbond substituents is 1. The first kappa shape index (κ1) is 23.1. The molecular formula is C17H22BrN5O4S2. The third-order valence-electron chi connectivity index (χ3n) is 3.55. The molecule has 0 radical (unpaired) electrons. The van der Waals surface area contributed by atoms with E-state index in [0.717, 1.165) is 20.5 Å². The fourth-order valence-corrected chi connectivity index (χ4v) is 3.99. The van der Waals surface area contributed by atoms with Gasteiger partial charge in [0, 0.05) is 14.1 Å². The van der Waals surface area contributed by atoms with Crippen LogP contribution in [0.25, 0.3) is 0 Å². The lowest BCUT2D eigenvalue weighted by molar-refractivity contribution is 0.454. The van der Waals surface area contributed by atoms with Crippen molar-refractivity contribution in [3.8, 4) is 5.75 Å². The molecule has 1 aromatic carbocycles. The smallest absolute Gasteiger partial charge is 0.246 e. The molecule has 2 aromatic heterocycles. The normalized spacial score (nSPS) is 11.1. The van der Waals surface area contributed by atoms with Crippen molar-refractivity contribution in [1.29, 1.82) is 0 Å². The first-order chi connectivity index (χ1) is 13.8. The van der Waals surface area contributed by atoms with Crippen molar-refractivity contribution in [1.82, 2.24) is 13.1 Å². The van der Waals surface area contributed by atoms with Gasteiger partial charge in [0.05, 0.1) is 28.4 Å². The zero-order valence-corrected chi connectivity index (χ0v) is 19.5. The zero-order chi connectivity index (χ0) is 21.6. The predicted molar refractivity (Wildman–Crippen MR) is 117 cm³/mol. The highest BCUT2D eigenvalue weighted by Gasteiger charge is 2.23. The van der Waals surface area contributed by atoms with E-state index in [0.29, 0.717) is 23.9 Å². The summed E-state index contributed by atoms with van der Waals surface area (Å²) in [5.41, 5.74) is 0.203. The Morgan fingerprint density at radius 1 is 1.24 bits per heavy atom. The molecule has 29 heavy (non-hydrogen) atoms. The van der Waals surface area contributed by atoms with Crippen LogP contribution >= 0.6 is 27.7 Å². The maximum absolute atomic E-state index is 12.3. The van der Waals surface area contributed by atoms with Gasteiger partial charge in [-0.25, -0.2) is 12.7 Å². The van der Waals surface area contributed by atoms with Crippen molar-refractivity contribution in [2.45, 2.75) is 25.3 Å². The maximum atomic E-state index is 12.3. The van der Waals surface area contributed by atoms with Crippen molar-refractivity contribution < 1.29 is 17.9 Å². The van der Waals surface area contributed by atoms with Gasteiger partial charge < -0.3 is 20.2 Å². The Kier molecular flexibility index (Phi) is 8.02. The number of aromatic hydroxyl groups is 1. The summed E-state index contributed by atoms with van der Waals surface area (Å²) in [5.74, 6) is 1.12. The summed E-state index contributed by atoms with van der Waals surface area (Å²) in [6.07, 6.45) is 1.57. The van der Waals surface area contributed by atoms with E-state index >= 15 is 0 Å². The van der Waals surface area contributed by atoms with Gasteiger partial charge in [-0.1, -0.05) is 19.9 Å². The number of furan rings is 1. The standard InChI is InChI=1S/C15H16BrN5O4S2.C2H6/c1-21(2)27(23,24)12-5-3-4-11(13(12)22)18-15-14(19-26-20-15)17-7-10-6-9(16)8-25-10;1-2/h3-6,8,22H,7H2,1-2H3,(H,17,19)(H,18,20);1-2H3. The minimum atomic E-state index is -3.79. The fourth-order valence-electron chi connectivity index (χ4n) is 2.16. The summed E-state index contributed by atoms with van der Waals surface area (Å²) >= 11 is 4.28. The Morgan fingerprint density at radius 2 is 1.93 bits per heavy atom. The molecule has 0 aliphatic carbocycles. The van der Waals surface area contributed by atoms with Crippen LogP contribution in [-0.4, -0.2) is 40.7 Å². The lowest BCUT2D eigenvalue weighted by Crippen LogP contribution is -2.22. The molecule has 9 nitrogen and oxygen atoms in total. The predicted octanol–water partition coefficient (Wildman–Crippen LogP) is 4.23. The molecule has 3 rings (SSSR count). The van der Waals surface area contributed by atoms with Crippen LogP contribution in [0.15, 0.2) is 44.3 Å². The summed E-state index contributed by atoms with van der Waals surface area (Å²) in [7, 11) is -0.991. The molecule has 0 saturated heterocycles. The van der Waals surface area contributed by atoms with E-state index in [9.17, 15) is 13.5 Å². The average molecular weight is 504 g/mol. The second-order valence-electron chi connectivity index (χ2n) is 5.61. The van der Waals surface area contributed by atoms with Crippen molar-refractivity contribution in [2.24, 2.45) is 0 Å². The van der Waals surface area contributed by atoms with E-state index in [-0.39, 0.29) is 16.3 Å². The largest absolute Gasteiger partial charge is 0.504 e. The van der Waals surface area contributed by atoms with Crippen LogP contribution in [0.1, 0.15) is 19.6 Å². The van der Waals surface area contributed by atoms with Gasteiger partial charge in [0.15, 0.2) is 17.4 Å². The van der Waals surface area contributed by atoms with Gasteiger partial charge >= 0.3 is 0 Å². The molecule has 0 fully saturated rings. The molecule has 0 saturated carbocycles. The number of anilines is 3. The van der Waals surface area contributed by atoms with E-state index < -0.39 is 10.0 Å². The Bertz CT molecular complexity index is 1050. The van der Waals surface area contributed by atoms with Crippen LogP contribution < -0.4 is 10.6 Å². The Morgan fingerprint density at radius 3 is 2.55 bits per heavy atom. The number of sulfonamides is 1. The second-order valence-corrected chi connectivity index (χ2v) is 9.18. The number of hydrogen-bond acceptors (Lipinski definition) is 9. The minimum absolute atomic E-state index is 0.198. The Balaban J connectivity index is 0.00000145. The molecule has 158 valence electrons. The molecular weight excluding hydrogens is 482 g/mol. The van der Waals surface area contributed by atoms with E-state index in [4.69, 9.17) is 4.42 Å². The van der Waals surface area contributed by atoms with Crippen LogP contribution in [0.4, 0.5) is 17.3 Å². The number of para-hydroxylation sites is 1. The highest BCUT2D eigenvalue weighted by atomic mass is 79.9. The van der Waals surface area contributed by atoms with Crippen molar-refractivity contribution in [3.05, 3.63) is 40.8 Å². The van der Waals surface area contributed by atoms with Gasteiger partial charge in [-0.15, -0.1) is 0 Å². The summed E-state index contributed by atoms with van der Waals surface area (Å²) in [5, 5.41) is 16.4. The third kappa shape index (κ3) is 5.47. The van der Waals surface area contributed by atoms with Crippen molar-refractivity contribution >= 4 is 55.0 Å². The van der Waals surface area contributed by atoms with Gasteiger partial charge in [0.2, 0.25) is 10.0 Å². The molecule has 0 spiro atoms. The molecule has 2 heterocycles. The molecule has 3 N–H and O–H groups in total. The number of nitrogens with zero attached hydrogens (tertiary/aromatic N) is 3. The van der Waals surface area contributed by atoms with Gasteiger partial charge in [-0.3, -0.25) is 0 Å².